The summed E-state index contributed by atoms with van der Waals surface area (Å²) < 4.78 is 5.32. The van der Waals surface area contributed by atoms with Crippen LogP contribution in [-0.2, 0) is 5.41 Å². The number of hydrogen-bond donors (Lipinski definition) is 1. The first-order chi connectivity index (χ1) is 6.77. The Morgan fingerprint density at radius 3 is 2.64 bits per heavy atom. The van der Waals surface area contributed by atoms with E-state index in [1.54, 1.807) is 0 Å². The minimum atomic E-state index is 0.225. The summed E-state index contributed by atoms with van der Waals surface area (Å²) in [5.41, 5.74) is 5.82. The SMILES string of the molecule is CCC1(c2cc(N)no2)CCCCC1. The van der Waals surface area contributed by atoms with E-state index in [4.69, 9.17) is 10.3 Å². The van der Waals surface area contributed by atoms with E-state index in [1.165, 1.54) is 32.1 Å². The molecule has 1 saturated carbocycles. The molecule has 0 amide bonds. The zero-order chi connectivity index (χ0) is 10.0. The Morgan fingerprint density at radius 2 is 2.14 bits per heavy atom. The molecule has 1 heterocycles. The first-order valence-corrected chi connectivity index (χ1v) is 5.49. The van der Waals surface area contributed by atoms with Gasteiger partial charge in [0.15, 0.2) is 5.82 Å². The average molecular weight is 194 g/mol. The van der Waals surface area contributed by atoms with Crippen molar-refractivity contribution in [3.63, 3.8) is 0 Å². The van der Waals surface area contributed by atoms with Gasteiger partial charge in [0.05, 0.1) is 0 Å². The molecule has 1 aliphatic rings. The van der Waals surface area contributed by atoms with Gasteiger partial charge in [-0.1, -0.05) is 31.3 Å². The zero-order valence-corrected chi connectivity index (χ0v) is 8.75. The summed E-state index contributed by atoms with van der Waals surface area (Å²) in [5.74, 6) is 1.51. The van der Waals surface area contributed by atoms with Gasteiger partial charge in [-0.15, -0.1) is 0 Å². The molecule has 0 atom stereocenters. The molecule has 3 nitrogen and oxygen atoms in total. The highest BCUT2D eigenvalue weighted by Crippen LogP contribution is 2.42. The highest BCUT2D eigenvalue weighted by Gasteiger charge is 2.35. The molecule has 14 heavy (non-hydrogen) atoms. The average Bonchev–Trinajstić information content (AvgIpc) is 2.66. The summed E-state index contributed by atoms with van der Waals surface area (Å²) in [7, 11) is 0. The van der Waals surface area contributed by atoms with Gasteiger partial charge in [0.25, 0.3) is 0 Å². The molecule has 1 aromatic rings. The molecule has 78 valence electrons. The predicted octanol–water partition coefficient (Wildman–Crippen LogP) is 2.87. The van der Waals surface area contributed by atoms with E-state index in [0.717, 1.165) is 12.2 Å². The summed E-state index contributed by atoms with van der Waals surface area (Å²) >= 11 is 0. The van der Waals surface area contributed by atoms with Crippen molar-refractivity contribution in [3.8, 4) is 0 Å². The third-order valence-corrected chi connectivity index (χ3v) is 3.54. The third kappa shape index (κ3) is 1.51. The van der Waals surface area contributed by atoms with Gasteiger partial charge in [-0.3, -0.25) is 0 Å². The molecule has 0 aliphatic heterocycles. The van der Waals surface area contributed by atoms with Crippen molar-refractivity contribution < 1.29 is 4.52 Å². The number of aromatic nitrogens is 1. The third-order valence-electron chi connectivity index (χ3n) is 3.54. The molecule has 0 spiro atoms. The van der Waals surface area contributed by atoms with E-state index in [9.17, 15) is 0 Å². The maximum absolute atomic E-state index is 5.59. The van der Waals surface area contributed by atoms with Gasteiger partial charge < -0.3 is 10.3 Å². The largest absolute Gasteiger partial charge is 0.381 e. The fourth-order valence-corrected chi connectivity index (χ4v) is 2.54. The van der Waals surface area contributed by atoms with Crippen molar-refractivity contribution in [2.24, 2.45) is 0 Å². The molecule has 1 fully saturated rings. The van der Waals surface area contributed by atoms with Gasteiger partial charge in [0.1, 0.15) is 5.76 Å². The van der Waals surface area contributed by atoms with E-state index >= 15 is 0 Å². The molecule has 0 aromatic carbocycles. The topological polar surface area (TPSA) is 52.0 Å². The molecule has 0 saturated heterocycles. The second kappa shape index (κ2) is 3.64. The lowest BCUT2D eigenvalue weighted by molar-refractivity contribution is 0.215. The maximum Gasteiger partial charge on any atom is 0.167 e. The van der Waals surface area contributed by atoms with Crippen molar-refractivity contribution in [1.82, 2.24) is 5.16 Å². The molecule has 1 aliphatic carbocycles. The number of nitrogens with two attached hydrogens (primary N) is 1. The van der Waals surface area contributed by atoms with Gasteiger partial charge >= 0.3 is 0 Å². The van der Waals surface area contributed by atoms with Gasteiger partial charge in [-0.2, -0.15) is 0 Å². The molecular weight excluding hydrogens is 176 g/mol. The predicted molar refractivity (Wildman–Crippen MR) is 56.0 cm³/mol. The first-order valence-electron chi connectivity index (χ1n) is 5.49. The van der Waals surface area contributed by atoms with Crippen LogP contribution in [0.3, 0.4) is 0 Å². The van der Waals surface area contributed by atoms with E-state index in [-0.39, 0.29) is 5.41 Å². The van der Waals surface area contributed by atoms with Crippen molar-refractivity contribution in [3.05, 3.63) is 11.8 Å². The van der Waals surface area contributed by atoms with E-state index < -0.39 is 0 Å². The minimum Gasteiger partial charge on any atom is -0.381 e. The lowest BCUT2D eigenvalue weighted by Crippen LogP contribution is -2.27. The Hall–Kier alpha value is -0.990. The van der Waals surface area contributed by atoms with Gasteiger partial charge in [-0.25, -0.2) is 0 Å². The van der Waals surface area contributed by atoms with Gasteiger partial charge in [-0.05, 0) is 19.3 Å². The normalized spacial score (nSPS) is 20.9. The van der Waals surface area contributed by atoms with Crippen LogP contribution in [0.15, 0.2) is 10.6 Å². The van der Waals surface area contributed by atoms with Crippen molar-refractivity contribution in [2.75, 3.05) is 5.73 Å². The summed E-state index contributed by atoms with van der Waals surface area (Å²) in [4.78, 5) is 0. The van der Waals surface area contributed by atoms with E-state index in [1.807, 2.05) is 6.07 Å². The monoisotopic (exact) mass is 194 g/mol. The number of anilines is 1. The lowest BCUT2D eigenvalue weighted by Gasteiger charge is -2.33. The molecule has 0 bridgehead atoms. The molecular formula is C11H18N2O. The van der Waals surface area contributed by atoms with Crippen LogP contribution >= 0.6 is 0 Å². The molecule has 0 unspecified atom stereocenters. The van der Waals surface area contributed by atoms with E-state index in [0.29, 0.717) is 5.82 Å². The smallest absolute Gasteiger partial charge is 0.167 e. The number of rotatable bonds is 2. The van der Waals surface area contributed by atoms with Crippen LogP contribution in [0, 0.1) is 0 Å². The summed E-state index contributed by atoms with van der Waals surface area (Å²) in [6.07, 6.45) is 7.52. The molecule has 2 rings (SSSR count). The van der Waals surface area contributed by atoms with Crippen LogP contribution in [0.25, 0.3) is 0 Å². The second-order valence-corrected chi connectivity index (χ2v) is 4.31. The van der Waals surface area contributed by atoms with Crippen molar-refractivity contribution >= 4 is 5.82 Å². The maximum atomic E-state index is 5.59. The van der Waals surface area contributed by atoms with Crippen LogP contribution in [0.2, 0.25) is 0 Å². The molecule has 2 N–H and O–H groups in total. The molecule has 1 aromatic heterocycles. The summed E-state index contributed by atoms with van der Waals surface area (Å²) in [6, 6.07) is 1.90. The summed E-state index contributed by atoms with van der Waals surface area (Å²) in [5, 5.41) is 3.79. The first kappa shape index (κ1) is 9.56. The quantitative estimate of drug-likeness (QED) is 0.787. The Balaban J connectivity index is 2.26. The van der Waals surface area contributed by atoms with Gasteiger partial charge in [0, 0.05) is 11.5 Å². The van der Waals surface area contributed by atoms with Crippen LogP contribution < -0.4 is 5.73 Å². The molecule has 0 radical (unpaired) electrons. The van der Waals surface area contributed by atoms with Gasteiger partial charge in [0.2, 0.25) is 0 Å². The summed E-state index contributed by atoms with van der Waals surface area (Å²) in [6.45, 7) is 2.23. The van der Waals surface area contributed by atoms with Crippen LogP contribution in [0.5, 0.6) is 0 Å². The number of nitrogen functional groups attached to an aromatic ring is 1. The fraction of sp³-hybridized carbons (Fsp3) is 0.727. The Labute approximate surface area is 84.7 Å². The van der Waals surface area contributed by atoms with E-state index in [2.05, 4.69) is 12.1 Å². The minimum absolute atomic E-state index is 0.225. The Morgan fingerprint density at radius 1 is 1.43 bits per heavy atom. The second-order valence-electron chi connectivity index (χ2n) is 4.31. The van der Waals surface area contributed by atoms with Crippen LogP contribution in [-0.4, -0.2) is 5.16 Å². The zero-order valence-electron chi connectivity index (χ0n) is 8.75. The Kier molecular flexibility index (Phi) is 2.48. The highest BCUT2D eigenvalue weighted by atomic mass is 16.5. The number of hydrogen-bond acceptors (Lipinski definition) is 3. The van der Waals surface area contributed by atoms with Crippen LogP contribution in [0.4, 0.5) is 5.82 Å². The number of nitrogens with zero attached hydrogens (tertiary/aromatic N) is 1. The van der Waals surface area contributed by atoms with Crippen molar-refractivity contribution in [2.45, 2.75) is 50.9 Å². The lowest BCUT2D eigenvalue weighted by atomic mass is 9.70. The standard InChI is InChI=1S/C11H18N2O/c1-2-11(6-4-3-5-7-11)9-8-10(12)13-14-9/h8H,2-7H2,1H3,(H2,12,13). The highest BCUT2D eigenvalue weighted by molar-refractivity contribution is 5.30. The van der Waals surface area contributed by atoms with Crippen molar-refractivity contribution in [1.29, 1.82) is 0 Å². The van der Waals surface area contributed by atoms with Crippen LogP contribution in [0.1, 0.15) is 51.2 Å². The Bertz CT molecular complexity index is 300. The molecule has 3 heteroatoms. The fourth-order valence-electron chi connectivity index (χ4n) is 2.54.